The van der Waals surface area contributed by atoms with Gasteiger partial charge in [-0.3, -0.25) is 9.59 Å². The fourth-order valence-electron chi connectivity index (χ4n) is 2.81. The van der Waals surface area contributed by atoms with Crippen molar-refractivity contribution in [1.82, 2.24) is 4.90 Å². The van der Waals surface area contributed by atoms with Crippen LogP contribution in [0.2, 0.25) is 0 Å². The first-order valence-electron chi connectivity index (χ1n) is 6.53. The summed E-state index contributed by atoms with van der Waals surface area (Å²) in [5.41, 5.74) is 2.23. The molecule has 2 heterocycles. The quantitative estimate of drug-likeness (QED) is 0.825. The number of amides is 2. The van der Waals surface area contributed by atoms with Gasteiger partial charge in [-0.25, -0.2) is 0 Å². The lowest BCUT2D eigenvalue weighted by Gasteiger charge is -2.23. The van der Waals surface area contributed by atoms with Crippen LogP contribution in [0.15, 0.2) is 18.2 Å². The minimum Gasteiger partial charge on any atom is -0.394 e. The van der Waals surface area contributed by atoms with Crippen LogP contribution in [0.5, 0.6) is 0 Å². The molecular weight excluding hydrogens is 244 g/mol. The van der Waals surface area contributed by atoms with Gasteiger partial charge in [-0.2, -0.15) is 0 Å². The minimum absolute atomic E-state index is 0.00736. The summed E-state index contributed by atoms with van der Waals surface area (Å²) < 4.78 is 0. The van der Waals surface area contributed by atoms with Crippen LogP contribution >= 0.6 is 0 Å². The van der Waals surface area contributed by atoms with E-state index >= 15 is 0 Å². The Morgan fingerprint density at radius 1 is 1.47 bits per heavy atom. The molecule has 0 radical (unpaired) electrons. The Morgan fingerprint density at radius 3 is 3.11 bits per heavy atom. The second-order valence-electron chi connectivity index (χ2n) is 5.07. The van der Waals surface area contributed by atoms with Crippen LogP contribution in [-0.2, 0) is 11.2 Å². The van der Waals surface area contributed by atoms with Gasteiger partial charge in [0.05, 0.1) is 19.1 Å². The normalized spacial score (nSPS) is 21.4. The molecule has 1 aromatic carbocycles. The zero-order valence-electron chi connectivity index (χ0n) is 10.6. The van der Waals surface area contributed by atoms with Gasteiger partial charge >= 0.3 is 0 Å². The molecule has 3 rings (SSSR count). The fraction of sp³-hybridized carbons (Fsp3) is 0.429. The van der Waals surface area contributed by atoms with E-state index in [9.17, 15) is 14.7 Å². The van der Waals surface area contributed by atoms with Crippen molar-refractivity contribution in [3.05, 3.63) is 29.3 Å². The molecule has 2 aliphatic rings. The molecule has 0 bridgehead atoms. The summed E-state index contributed by atoms with van der Waals surface area (Å²) in [4.78, 5) is 25.4. The number of fused-ring (bicyclic) bond motifs is 1. The maximum atomic E-state index is 12.4. The van der Waals surface area contributed by atoms with Crippen LogP contribution in [0.1, 0.15) is 28.8 Å². The number of nitrogens with zero attached hydrogens (tertiary/aromatic N) is 1. The molecule has 5 nitrogen and oxygen atoms in total. The zero-order chi connectivity index (χ0) is 13.4. The number of aliphatic hydroxyl groups is 1. The van der Waals surface area contributed by atoms with E-state index in [1.807, 2.05) is 6.07 Å². The van der Waals surface area contributed by atoms with Crippen LogP contribution in [0, 0.1) is 0 Å². The molecule has 0 spiro atoms. The Balaban J connectivity index is 1.85. The third kappa shape index (κ3) is 2.10. The van der Waals surface area contributed by atoms with Crippen molar-refractivity contribution >= 4 is 17.5 Å². The van der Waals surface area contributed by atoms with Gasteiger partial charge in [0.25, 0.3) is 5.91 Å². The second-order valence-corrected chi connectivity index (χ2v) is 5.07. The summed E-state index contributed by atoms with van der Waals surface area (Å²) in [6.45, 7) is 0.695. The fourth-order valence-corrected chi connectivity index (χ4v) is 2.81. The number of carbonyl (C=O) groups excluding carboxylic acids is 2. The van der Waals surface area contributed by atoms with Crippen molar-refractivity contribution in [2.24, 2.45) is 0 Å². The Morgan fingerprint density at radius 2 is 2.32 bits per heavy atom. The standard InChI is InChI=1S/C14H16N2O3/c17-8-11-2-1-5-16(11)14(19)10-4-3-9-7-13(18)15-12(9)6-10/h3-4,6,11,17H,1-2,5,7-8H2,(H,15,18). The van der Waals surface area contributed by atoms with E-state index in [2.05, 4.69) is 5.32 Å². The Labute approximate surface area is 111 Å². The third-order valence-electron chi connectivity index (χ3n) is 3.83. The largest absolute Gasteiger partial charge is 0.394 e. The summed E-state index contributed by atoms with van der Waals surface area (Å²) >= 11 is 0. The number of nitrogens with one attached hydrogen (secondary N) is 1. The summed E-state index contributed by atoms with van der Waals surface area (Å²) in [7, 11) is 0. The average Bonchev–Trinajstić information content (AvgIpc) is 3.01. The predicted molar refractivity (Wildman–Crippen MR) is 69.9 cm³/mol. The summed E-state index contributed by atoms with van der Waals surface area (Å²) in [6.07, 6.45) is 2.16. The van der Waals surface area contributed by atoms with Crippen molar-refractivity contribution in [2.75, 3.05) is 18.5 Å². The highest BCUT2D eigenvalue weighted by molar-refractivity contribution is 6.02. The molecule has 1 unspecified atom stereocenters. The summed E-state index contributed by atoms with van der Waals surface area (Å²) in [6, 6.07) is 5.24. The lowest BCUT2D eigenvalue weighted by molar-refractivity contribution is -0.115. The molecule has 19 heavy (non-hydrogen) atoms. The SMILES string of the molecule is O=C1Cc2ccc(C(=O)N3CCCC3CO)cc2N1. The number of aliphatic hydroxyl groups excluding tert-OH is 1. The lowest BCUT2D eigenvalue weighted by atomic mass is 10.1. The van der Waals surface area contributed by atoms with Gasteiger partial charge in [0.2, 0.25) is 5.91 Å². The van der Waals surface area contributed by atoms with Crippen molar-refractivity contribution in [2.45, 2.75) is 25.3 Å². The van der Waals surface area contributed by atoms with E-state index < -0.39 is 0 Å². The summed E-state index contributed by atoms with van der Waals surface area (Å²) in [5.74, 6) is -0.102. The molecule has 1 fully saturated rings. The molecule has 1 saturated heterocycles. The molecular formula is C14H16N2O3. The van der Waals surface area contributed by atoms with Crippen molar-refractivity contribution in [3.63, 3.8) is 0 Å². The van der Waals surface area contributed by atoms with E-state index in [-0.39, 0.29) is 24.5 Å². The van der Waals surface area contributed by atoms with Crippen molar-refractivity contribution < 1.29 is 14.7 Å². The van der Waals surface area contributed by atoms with Crippen LogP contribution in [0.3, 0.4) is 0 Å². The first-order chi connectivity index (χ1) is 9.19. The lowest BCUT2D eigenvalue weighted by Crippen LogP contribution is -2.37. The van der Waals surface area contributed by atoms with E-state index in [1.54, 1.807) is 17.0 Å². The van der Waals surface area contributed by atoms with Gasteiger partial charge in [-0.1, -0.05) is 6.07 Å². The molecule has 2 aliphatic heterocycles. The van der Waals surface area contributed by atoms with Gasteiger partial charge < -0.3 is 15.3 Å². The second kappa shape index (κ2) is 4.66. The predicted octanol–water partition coefficient (Wildman–Crippen LogP) is 0.778. The molecule has 1 aromatic rings. The molecule has 100 valence electrons. The van der Waals surface area contributed by atoms with Crippen LogP contribution in [0.25, 0.3) is 0 Å². The number of carbonyl (C=O) groups is 2. The first-order valence-corrected chi connectivity index (χ1v) is 6.53. The Bertz CT molecular complexity index is 541. The first kappa shape index (κ1) is 12.2. The van der Waals surface area contributed by atoms with Gasteiger partial charge in [0.15, 0.2) is 0 Å². The van der Waals surface area contributed by atoms with Gasteiger partial charge in [0, 0.05) is 17.8 Å². The van der Waals surface area contributed by atoms with Crippen molar-refractivity contribution in [1.29, 1.82) is 0 Å². The molecule has 0 aliphatic carbocycles. The van der Waals surface area contributed by atoms with Crippen molar-refractivity contribution in [3.8, 4) is 0 Å². The molecule has 0 saturated carbocycles. The van der Waals surface area contributed by atoms with Gasteiger partial charge in [0.1, 0.15) is 0 Å². The minimum atomic E-state index is -0.0738. The van der Waals surface area contributed by atoms with Crippen LogP contribution in [-0.4, -0.2) is 41.0 Å². The average molecular weight is 260 g/mol. The van der Waals surface area contributed by atoms with Gasteiger partial charge in [-0.15, -0.1) is 0 Å². The smallest absolute Gasteiger partial charge is 0.254 e. The van der Waals surface area contributed by atoms with Gasteiger partial charge in [-0.05, 0) is 30.5 Å². The zero-order valence-corrected chi connectivity index (χ0v) is 10.6. The highest BCUT2D eigenvalue weighted by Gasteiger charge is 2.29. The highest BCUT2D eigenvalue weighted by atomic mass is 16.3. The Kier molecular flexibility index (Phi) is 2.98. The maximum absolute atomic E-state index is 12.4. The number of anilines is 1. The van der Waals surface area contributed by atoms with E-state index in [1.165, 1.54) is 0 Å². The van der Waals surface area contributed by atoms with Crippen LogP contribution < -0.4 is 5.32 Å². The number of hydrogen-bond acceptors (Lipinski definition) is 3. The highest BCUT2D eigenvalue weighted by Crippen LogP contribution is 2.26. The number of rotatable bonds is 2. The van der Waals surface area contributed by atoms with E-state index in [0.717, 1.165) is 24.1 Å². The number of benzene rings is 1. The Hall–Kier alpha value is -1.88. The number of likely N-dealkylation sites (tertiary alicyclic amines) is 1. The van der Waals surface area contributed by atoms with E-state index in [0.29, 0.717) is 18.5 Å². The molecule has 0 aromatic heterocycles. The molecule has 5 heteroatoms. The van der Waals surface area contributed by atoms with E-state index in [4.69, 9.17) is 0 Å². The molecule has 1 atom stereocenters. The molecule has 2 amide bonds. The topological polar surface area (TPSA) is 69.6 Å². The van der Waals surface area contributed by atoms with Crippen LogP contribution in [0.4, 0.5) is 5.69 Å². The summed E-state index contributed by atoms with van der Waals surface area (Å²) in [5, 5.41) is 12.0. The maximum Gasteiger partial charge on any atom is 0.254 e. The number of hydrogen-bond donors (Lipinski definition) is 2. The third-order valence-corrected chi connectivity index (χ3v) is 3.83. The molecule has 2 N–H and O–H groups in total. The monoisotopic (exact) mass is 260 g/mol.